The smallest absolute Gasteiger partial charge is 0.210 e. The average Bonchev–Trinajstić information content (AvgIpc) is 3.12. The average molecular weight is 415 g/mol. The van der Waals surface area contributed by atoms with Crippen LogP contribution in [0.15, 0.2) is 60.2 Å². The van der Waals surface area contributed by atoms with Crippen LogP contribution in [0.3, 0.4) is 0 Å². The molecule has 0 amide bonds. The van der Waals surface area contributed by atoms with Gasteiger partial charge in [-0.1, -0.05) is 77.1 Å². The lowest BCUT2D eigenvalue weighted by atomic mass is 10.0. The van der Waals surface area contributed by atoms with Gasteiger partial charge < -0.3 is 5.53 Å². The summed E-state index contributed by atoms with van der Waals surface area (Å²) >= 11 is 0. The van der Waals surface area contributed by atoms with Crippen molar-refractivity contribution in [3.8, 4) is 0 Å². The van der Waals surface area contributed by atoms with Gasteiger partial charge in [-0.15, -0.1) is 0 Å². The van der Waals surface area contributed by atoms with Crippen LogP contribution in [0, 0.1) is 0 Å². The first-order valence-electron chi connectivity index (χ1n) is 12.3. The Morgan fingerprint density at radius 2 is 1.45 bits per heavy atom. The van der Waals surface area contributed by atoms with Crippen LogP contribution >= 0.6 is 0 Å². The number of nitrogens with zero attached hydrogens (tertiary/aromatic N) is 2. The Hall–Kier alpha value is -2.48. The monoisotopic (exact) mass is 414 g/mol. The molecule has 31 heavy (non-hydrogen) atoms. The highest BCUT2D eigenvalue weighted by molar-refractivity contribution is 5.78. The van der Waals surface area contributed by atoms with E-state index < -0.39 is 0 Å². The molecule has 0 unspecified atom stereocenters. The number of allylic oxidation sites excluding steroid dienone is 2. The van der Waals surface area contributed by atoms with Crippen LogP contribution in [0.5, 0.6) is 0 Å². The second kappa shape index (κ2) is 11.8. The number of hydrogen-bond acceptors (Lipinski definition) is 0. The molecule has 0 N–H and O–H groups in total. The van der Waals surface area contributed by atoms with E-state index in [1.807, 2.05) is 0 Å². The van der Waals surface area contributed by atoms with E-state index in [1.165, 1.54) is 47.1 Å². The van der Waals surface area contributed by atoms with Gasteiger partial charge in [-0.05, 0) is 67.5 Å². The van der Waals surface area contributed by atoms with Gasteiger partial charge in [0, 0.05) is 22.8 Å². The summed E-state index contributed by atoms with van der Waals surface area (Å²) in [6.07, 6.45) is 13.9. The number of hydrogen-bond donors (Lipinski definition) is 0. The highest BCUT2D eigenvalue weighted by Gasteiger charge is 2.28. The molecule has 0 aromatic heterocycles. The van der Waals surface area contributed by atoms with Crippen molar-refractivity contribution in [2.45, 2.75) is 85.0 Å². The highest BCUT2D eigenvalue weighted by atomic mass is 15.2. The third-order valence-electron chi connectivity index (χ3n) is 6.16. The molecule has 2 aromatic carbocycles. The summed E-state index contributed by atoms with van der Waals surface area (Å²) in [4.78, 5) is 0. The lowest BCUT2D eigenvalue weighted by molar-refractivity contribution is -0.344. The summed E-state index contributed by atoms with van der Waals surface area (Å²) in [7, 11) is 0. The van der Waals surface area contributed by atoms with Gasteiger partial charge in [0.2, 0.25) is 11.4 Å². The lowest BCUT2D eigenvalue weighted by Gasteiger charge is -2.11. The number of unbranched alkanes of at least 4 members (excludes halogenated alkanes) is 4. The van der Waals surface area contributed by atoms with Gasteiger partial charge in [0.1, 0.15) is 0 Å². The fraction of sp³-hybridized carbons (Fsp3) is 0.448. The summed E-state index contributed by atoms with van der Waals surface area (Å²) in [6, 6.07) is 17.4. The molecule has 0 atom stereocenters. The van der Waals surface area contributed by atoms with E-state index in [-0.39, 0.29) is 0 Å². The summed E-state index contributed by atoms with van der Waals surface area (Å²) in [5, 5.41) is 0. The van der Waals surface area contributed by atoms with Crippen molar-refractivity contribution >= 4 is 11.4 Å². The van der Waals surface area contributed by atoms with Crippen molar-refractivity contribution in [2.24, 2.45) is 0 Å². The molecule has 0 bridgehead atoms. The van der Waals surface area contributed by atoms with E-state index >= 15 is 0 Å². The minimum absolute atomic E-state index is 0.897. The first-order valence-corrected chi connectivity index (χ1v) is 12.3. The van der Waals surface area contributed by atoms with Gasteiger partial charge in [-0.2, -0.15) is 0 Å². The van der Waals surface area contributed by atoms with Crippen LogP contribution < -0.4 is 0 Å². The van der Waals surface area contributed by atoms with Gasteiger partial charge in [0.05, 0.1) is 0 Å². The molecule has 0 saturated heterocycles. The molecular formula is C29H38N2. The standard InChI is InChI=1S/C29H38N2/c1-4-7-9-10-13-24-14-11-16-26(21-24)28-22-27(15-8-5-2)29(31(28)30)25-19-17-23(12-6-3)18-20-25/h11,14,16-22H,4-10,12-13,15H2,1-3H3. The van der Waals surface area contributed by atoms with E-state index in [0.717, 1.165) is 61.0 Å². The minimum atomic E-state index is 0.897. The molecule has 3 rings (SSSR count). The first kappa shape index (κ1) is 23.2. The van der Waals surface area contributed by atoms with E-state index in [1.54, 1.807) is 0 Å². The summed E-state index contributed by atoms with van der Waals surface area (Å²) < 4.78 is 1.43. The third kappa shape index (κ3) is 6.03. The Balaban J connectivity index is 1.84. The van der Waals surface area contributed by atoms with Crippen molar-refractivity contribution in [1.29, 1.82) is 0 Å². The van der Waals surface area contributed by atoms with Crippen LogP contribution in [0.4, 0.5) is 0 Å². The van der Waals surface area contributed by atoms with Crippen LogP contribution in [-0.2, 0) is 12.8 Å². The third-order valence-corrected chi connectivity index (χ3v) is 6.16. The zero-order chi connectivity index (χ0) is 22.1. The van der Waals surface area contributed by atoms with E-state index in [4.69, 9.17) is 0 Å². The zero-order valence-corrected chi connectivity index (χ0v) is 19.7. The van der Waals surface area contributed by atoms with Crippen LogP contribution in [0.2, 0.25) is 0 Å². The molecule has 0 fully saturated rings. The SMILES string of the molecule is CCCCCCc1cccc(C2=CC(CCCC)=C(c3ccc(CCC)cc3)[N+]2=[N-])c1. The molecule has 0 radical (unpaired) electrons. The molecule has 1 aliphatic rings. The Kier molecular flexibility index (Phi) is 8.82. The number of rotatable bonds is 12. The second-order valence-corrected chi connectivity index (χ2v) is 8.78. The van der Waals surface area contributed by atoms with Crippen molar-refractivity contribution in [3.05, 3.63) is 88.0 Å². The van der Waals surface area contributed by atoms with E-state index in [9.17, 15) is 5.53 Å². The molecule has 1 aliphatic heterocycles. The van der Waals surface area contributed by atoms with Gasteiger partial charge in [0.15, 0.2) is 0 Å². The maximum Gasteiger partial charge on any atom is 0.210 e. The van der Waals surface area contributed by atoms with Crippen LogP contribution in [-0.4, -0.2) is 4.70 Å². The van der Waals surface area contributed by atoms with E-state index in [2.05, 4.69) is 75.4 Å². The summed E-state index contributed by atoms with van der Waals surface area (Å²) in [6.45, 7) is 6.68. The molecule has 164 valence electrons. The highest BCUT2D eigenvalue weighted by Crippen LogP contribution is 2.37. The molecule has 0 saturated carbocycles. The Labute approximate surface area is 189 Å². The Morgan fingerprint density at radius 3 is 2.16 bits per heavy atom. The van der Waals surface area contributed by atoms with E-state index in [0.29, 0.717) is 0 Å². The molecule has 1 heterocycles. The predicted octanol–water partition coefficient (Wildman–Crippen LogP) is 8.75. The fourth-order valence-electron chi connectivity index (χ4n) is 4.38. The molecule has 0 aliphatic carbocycles. The molecule has 2 aromatic rings. The number of benzene rings is 2. The maximum atomic E-state index is 11.2. The Bertz CT molecular complexity index is 931. The summed E-state index contributed by atoms with van der Waals surface area (Å²) in [5.74, 6) is 0. The predicted molar refractivity (Wildman–Crippen MR) is 133 cm³/mol. The lowest BCUT2D eigenvalue weighted by Crippen LogP contribution is -2.03. The maximum absolute atomic E-state index is 11.2. The van der Waals surface area contributed by atoms with Crippen LogP contribution in [0.25, 0.3) is 16.9 Å². The minimum Gasteiger partial charge on any atom is -0.493 e. The topological polar surface area (TPSA) is 25.3 Å². The van der Waals surface area contributed by atoms with Crippen molar-refractivity contribution < 1.29 is 4.70 Å². The van der Waals surface area contributed by atoms with Crippen LogP contribution in [0.1, 0.15) is 94.4 Å². The van der Waals surface area contributed by atoms with Gasteiger partial charge >= 0.3 is 0 Å². The van der Waals surface area contributed by atoms with Gasteiger partial charge in [-0.25, -0.2) is 4.70 Å². The number of aryl methyl sites for hydroxylation is 2. The van der Waals surface area contributed by atoms with Crippen molar-refractivity contribution in [3.63, 3.8) is 0 Å². The van der Waals surface area contributed by atoms with Gasteiger partial charge in [-0.3, -0.25) is 0 Å². The molecule has 2 nitrogen and oxygen atoms in total. The first-order chi connectivity index (χ1) is 15.2. The van der Waals surface area contributed by atoms with Crippen molar-refractivity contribution in [1.82, 2.24) is 0 Å². The van der Waals surface area contributed by atoms with Crippen molar-refractivity contribution in [2.75, 3.05) is 0 Å². The largest absolute Gasteiger partial charge is 0.493 e. The Morgan fingerprint density at radius 1 is 0.677 bits per heavy atom. The fourth-order valence-corrected chi connectivity index (χ4v) is 4.38. The zero-order valence-electron chi connectivity index (χ0n) is 19.7. The summed E-state index contributed by atoms with van der Waals surface area (Å²) in [5.41, 5.74) is 19.2. The normalized spacial score (nSPS) is 13.8. The molecule has 0 spiro atoms. The second-order valence-electron chi connectivity index (χ2n) is 8.78. The molecule has 2 heteroatoms. The van der Waals surface area contributed by atoms with Gasteiger partial charge in [0.25, 0.3) is 0 Å². The quantitative estimate of drug-likeness (QED) is 0.245. The molecular weight excluding hydrogens is 376 g/mol.